The molecule has 0 aliphatic carbocycles. The number of hydrogen-bond donors (Lipinski definition) is 2. The van der Waals surface area contributed by atoms with Crippen molar-refractivity contribution >= 4 is 22.8 Å². The molecule has 1 atom stereocenters. The molecule has 1 heterocycles. The van der Waals surface area contributed by atoms with Crippen LogP contribution in [-0.2, 0) is 16.1 Å². The van der Waals surface area contributed by atoms with Gasteiger partial charge in [0.25, 0.3) is 0 Å². The highest BCUT2D eigenvalue weighted by Crippen LogP contribution is 2.15. The minimum Gasteiger partial charge on any atom is -0.354 e. The number of hydrogen-bond acceptors (Lipinski definition) is 3. The number of amides is 2. The van der Waals surface area contributed by atoms with Crippen LogP contribution >= 0.6 is 0 Å². The van der Waals surface area contributed by atoms with Crippen molar-refractivity contribution in [2.75, 3.05) is 6.54 Å². The van der Waals surface area contributed by atoms with Gasteiger partial charge in [0.1, 0.15) is 11.9 Å². The van der Waals surface area contributed by atoms with Gasteiger partial charge in [-0.05, 0) is 32.4 Å². The second-order valence-electron chi connectivity index (χ2n) is 5.37. The molecule has 2 aromatic rings. The van der Waals surface area contributed by atoms with Gasteiger partial charge in [0.2, 0.25) is 11.8 Å². The third-order valence-corrected chi connectivity index (χ3v) is 3.52. The van der Waals surface area contributed by atoms with Crippen LogP contribution < -0.4 is 10.6 Å². The molecule has 0 fully saturated rings. The molecule has 2 amide bonds. The topological polar surface area (TPSA) is 76.0 Å². The SMILES string of the molecule is CC(=O)NC(C)C(=O)NCCCn1c(C)nc2ccccc21. The number of rotatable bonds is 6. The fourth-order valence-electron chi connectivity index (χ4n) is 2.45. The van der Waals surface area contributed by atoms with Crippen LogP contribution in [0.1, 0.15) is 26.1 Å². The summed E-state index contributed by atoms with van der Waals surface area (Å²) in [6.45, 7) is 6.41. The van der Waals surface area contributed by atoms with Crippen molar-refractivity contribution < 1.29 is 9.59 Å². The molecule has 0 aliphatic heterocycles. The third-order valence-electron chi connectivity index (χ3n) is 3.52. The van der Waals surface area contributed by atoms with E-state index in [9.17, 15) is 9.59 Å². The Bertz CT molecular complexity index is 678. The molecule has 2 N–H and O–H groups in total. The first kappa shape index (κ1) is 16.0. The largest absolute Gasteiger partial charge is 0.354 e. The van der Waals surface area contributed by atoms with Gasteiger partial charge in [-0.25, -0.2) is 4.98 Å². The number of aryl methyl sites for hydroxylation is 2. The number of imidazole rings is 1. The number of benzene rings is 1. The Hall–Kier alpha value is -2.37. The number of aromatic nitrogens is 2. The average Bonchev–Trinajstić information content (AvgIpc) is 2.78. The van der Waals surface area contributed by atoms with Crippen LogP contribution in [0.15, 0.2) is 24.3 Å². The maximum absolute atomic E-state index is 11.8. The summed E-state index contributed by atoms with van der Waals surface area (Å²) < 4.78 is 2.15. The number of nitrogens with zero attached hydrogens (tertiary/aromatic N) is 2. The van der Waals surface area contributed by atoms with Crippen LogP contribution in [0.25, 0.3) is 11.0 Å². The van der Waals surface area contributed by atoms with E-state index in [-0.39, 0.29) is 11.8 Å². The van der Waals surface area contributed by atoms with E-state index >= 15 is 0 Å². The van der Waals surface area contributed by atoms with E-state index < -0.39 is 6.04 Å². The Morgan fingerprint density at radius 3 is 2.77 bits per heavy atom. The molecule has 118 valence electrons. The molecule has 0 spiro atoms. The van der Waals surface area contributed by atoms with Crippen molar-refractivity contribution in [1.82, 2.24) is 20.2 Å². The van der Waals surface area contributed by atoms with Gasteiger partial charge in [-0.2, -0.15) is 0 Å². The second-order valence-corrected chi connectivity index (χ2v) is 5.37. The zero-order valence-corrected chi connectivity index (χ0v) is 13.2. The first-order valence-electron chi connectivity index (χ1n) is 7.45. The summed E-state index contributed by atoms with van der Waals surface area (Å²) in [7, 11) is 0. The Kier molecular flexibility index (Phi) is 5.14. The van der Waals surface area contributed by atoms with E-state index in [1.807, 2.05) is 31.2 Å². The van der Waals surface area contributed by atoms with Crippen LogP contribution in [-0.4, -0.2) is 34.0 Å². The summed E-state index contributed by atoms with van der Waals surface area (Å²) in [5.41, 5.74) is 2.10. The number of para-hydroxylation sites is 2. The third kappa shape index (κ3) is 3.84. The highest BCUT2D eigenvalue weighted by molar-refractivity contribution is 5.86. The summed E-state index contributed by atoms with van der Waals surface area (Å²) in [6, 6.07) is 7.51. The lowest BCUT2D eigenvalue weighted by molar-refractivity contribution is -0.127. The van der Waals surface area contributed by atoms with Gasteiger partial charge in [-0.1, -0.05) is 12.1 Å². The molecule has 1 aromatic carbocycles. The minimum atomic E-state index is -0.506. The molecule has 2 rings (SSSR count). The smallest absolute Gasteiger partial charge is 0.242 e. The first-order valence-corrected chi connectivity index (χ1v) is 7.45. The van der Waals surface area contributed by atoms with Crippen LogP contribution in [0, 0.1) is 6.92 Å². The number of carbonyl (C=O) groups is 2. The molecule has 22 heavy (non-hydrogen) atoms. The van der Waals surface area contributed by atoms with Crippen molar-refractivity contribution in [3.05, 3.63) is 30.1 Å². The van der Waals surface area contributed by atoms with Gasteiger partial charge in [0, 0.05) is 20.0 Å². The van der Waals surface area contributed by atoms with E-state index in [1.54, 1.807) is 6.92 Å². The Labute approximate surface area is 129 Å². The van der Waals surface area contributed by atoms with Crippen molar-refractivity contribution in [3.63, 3.8) is 0 Å². The molecule has 0 aliphatic rings. The second kappa shape index (κ2) is 7.06. The maximum atomic E-state index is 11.8. The average molecular weight is 302 g/mol. The van der Waals surface area contributed by atoms with E-state index in [0.29, 0.717) is 6.54 Å². The van der Waals surface area contributed by atoms with Gasteiger partial charge in [-0.3, -0.25) is 9.59 Å². The molecular weight excluding hydrogens is 280 g/mol. The zero-order chi connectivity index (χ0) is 16.1. The van der Waals surface area contributed by atoms with E-state index in [2.05, 4.69) is 20.2 Å². The van der Waals surface area contributed by atoms with Gasteiger partial charge < -0.3 is 15.2 Å². The standard InChI is InChI=1S/C16H22N4O2/c1-11(18-13(3)21)16(22)17-9-6-10-20-12(2)19-14-7-4-5-8-15(14)20/h4-5,7-8,11H,6,9-10H2,1-3H3,(H,17,22)(H,18,21). The van der Waals surface area contributed by atoms with Crippen molar-refractivity contribution in [2.45, 2.75) is 39.8 Å². The molecule has 6 nitrogen and oxygen atoms in total. The first-order chi connectivity index (χ1) is 10.5. The quantitative estimate of drug-likeness (QED) is 0.791. The van der Waals surface area contributed by atoms with Crippen molar-refractivity contribution in [1.29, 1.82) is 0 Å². The summed E-state index contributed by atoms with van der Waals surface area (Å²) in [4.78, 5) is 27.2. The van der Waals surface area contributed by atoms with Crippen LogP contribution in [0.2, 0.25) is 0 Å². The van der Waals surface area contributed by atoms with Gasteiger partial charge in [0.15, 0.2) is 0 Å². The number of fused-ring (bicyclic) bond motifs is 1. The van der Waals surface area contributed by atoms with Gasteiger partial charge in [-0.15, -0.1) is 0 Å². The molecule has 0 saturated carbocycles. The lowest BCUT2D eigenvalue weighted by Gasteiger charge is -2.13. The van der Waals surface area contributed by atoms with Crippen LogP contribution in [0.5, 0.6) is 0 Å². The Morgan fingerprint density at radius 1 is 1.32 bits per heavy atom. The monoisotopic (exact) mass is 302 g/mol. The fourth-order valence-corrected chi connectivity index (χ4v) is 2.45. The Morgan fingerprint density at radius 2 is 2.05 bits per heavy atom. The summed E-state index contributed by atoms with van der Waals surface area (Å²) in [5, 5.41) is 5.39. The van der Waals surface area contributed by atoms with E-state index in [1.165, 1.54) is 6.92 Å². The molecule has 1 unspecified atom stereocenters. The number of nitrogens with one attached hydrogen (secondary N) is 2. The summed E-state index contributed by atoms with van der Waals surface area (Å²) in [5.74, 6) is 0.602. The lowest BCUT2D eigenvalue weighted by atomic mass is 10.3. The maximum Gasteiger partial charge on any atom is 0.242 e. The molecule has 1 aromatic heterocycles. The lowest BCUT2D eigenvalue weighted by Crippen LogP contribution is -2.44. The van der Waals surface area contributed by atoms with Gasteiger partial charge in [0.05, 0.1) is 11.0 Å². The minimum absolute atomic E-state index is 0.164. The fraction of sp³-hybridized carbons (Fsp3) is 0.438. The molecule has 6 heteroatoms. The predicted octanol–water partition coefficient (Wildman–Crippen LogP) is 1.38. The van der Waals surface area contributed by atoms with Crippen LogP contribution in [0.3, 0.4) is 0 Å². The van der Waals surface area contributed by atoms with E-state index in [0.717, 1.165) is 29.8 Å². The van der Waals surface area contributed by atoms with Gasteiger partial charge >= 0.3 is 0 Å². The van der Waals surface area contributed by atoms with Crippen molar-refractivity contribution in [3.8, 4) is 0 Å². The highest BCUT2D eigenvalue weighted by atomic mass is 16.2. The molecule has 0 bridgehead atoms. The number of carbonyl (C=O) groups excluding carboxylic acids is 2. The Balaban J connectivity index is 1.84. The highest BCUT2D eigenvalue weighted by Gasteiger charge is 2.12. The summed E-state index contributed by atoms with van der Waals surface area (Å²) in [6.07, 6.45) is 0.805. The zero-order valence-electron chi connectivity index (χ0n) is 13.2. The normalized spacial score (nSPS) is 12.1. The summed E-state index contributed by atoms with van der Waals surface area (Å²) >= 11 is 0. The van der Waals surface area contributed by atoms with E-state index in [4.69, 9.17) is 0 Å². The predicted molar refractivity (Wildman–Crippen MR) is 85.4 cm³/mol. The molecule has 0 radical (unpaired) electrons. The van der Waals surface area contributed by atoms with Crippen LogP contribution in [0.4, 0.5) is 0 Å². The molecular formula is C16H22N4O2. The van der Waals surface area contributed by atoms with Crippen molar-refractivity contribution in [2.24, 2.45) is 0 Å². The molecule has 0 saturated heterocycles.